The predicted molar refractivity (Wildman–Crippen MR) is 107 cm³/mol. The highest BCUT2D eigenvalue weighted by molar-refractivity contribution is 6.32. The normalized spacial score (nSPS) is 10.6. The molecule has 28 heavy (non-hydrogen) atoms. The number of halogens is 1. The lowest BCUT2D eigenvalue weighted by atomic mass is 10.1. The van der Waals surface area contributed by atoms with Gasteiger partial charge >= 0.3 is 0 Å². The molecule has 4 rings (SSSR count). The molecule has 2 heterocycles. The number of amides is 1. The highest BCUT2D eigenvalue weighted by Gasteiger charge is 2.23. The van der Waals surface area contributed by atoms with Gasteiger partial charge in [-0.25, -0.2) is 4.68 Å². The summed E-state index contributed by atoms with van der Waals surface area (Å²) >= 11 is 6.34. The third-order valence-electron chi connectivity index (χ3n) is 4.20. The maximum atomic E-state index is 12.9. The number of aromatic nitrogens is 4. The summed E-state index contributed by atoms with van der Waals surface area (Å²) in [4.78, 5) is 17.0. The first kappa shape index (κ1) is 17.9. The quantitative estimate of drug-likeness (QED) is 0.561. The van der Waals surface area contributed by atoms with Crippen molar-refractivity contribution in [3.8, 4) is 16.9 Å². The standard InChI is InChI=1S/C21H16ClN5O/c22-17-10-4-5-11-18(17)27-20(16-9-6-12-23-14-16)19(25-26-27)21(28)24-13-15-7-2-1-3-8-15/h1-12,14H,13H2,(H,24,28). The van der Waals surface area contributed by atoms with Crippen LogP contribution in [0.1, 0.15) is 16.1 Å². The average Bonchev–Trinajstić information content (AvgIpc) is 3.19. The maximum absolute atomic E-state index is 12.9. The van der Waals surface area contributed by atoms with Crippen molar-refractivity contribution >= 4 is 17.5 Å². The molecule has 0 unspecified atom stereocenters. The summed E-state index contributed by atoms with van der Waals surface area (Å²) in [6, 6.07) is 20.6. The summed E-state index contributed by atoms with van der Waals surface area (Å²) in [5.41, 5.74) is 3.10. The van der Waals surface area contributed by atoms with Crippen molar-refractivity contribution in [3.63, 3.8) is 0 Å². The van der Waals surface area contributed by atoms with E-state index in [9.17, 15) is 4.79 Å². The largest absolute Gasteiger partial charge is 0.346 e. The molecule has 0 fully saturated rings. The molecule has 7 heteroatoms. The minimum absolute atomic E-state index is 0.212. The molecule has 2 aromatic carbocycles. The van der Waals surface area contributed by atoms with Crippen molar-refractivity contribution in [2.45, 2.75) is 6.54 Å². The minimum atomic E-state index is -0.319. The van der Waals surface area contributed by atoms with E-state index in [2.05, 4.69) is 20.6 Å². The van der Waals surface area contributed by atoms with Gasteiger partial charge in [-0.1, -0.05) is 59.3 Å². The second-order valence-corrected chi connectivity index (χ2v) is 6.47. The van der Waals surface area contributed by atoms with Gasteiger partial charge in [0.25, 0.3) is 5.91 Å². The van der Waals surface area contributed by atoms with Crippen LogP contribution in [-0.4, -0.2) is 25.9 Å². The molecule has 2 aromatic heterocycles. The van der Waals surface area contributed by atoms with E-state index >= 15 is 0 Å². The van der Waals surface area contributed by atoms with Crippen molar-refractivity contribution in [1.82, 2.24) is 25.3 Å². The van der Waals surface area contributed by atoms with Crippen LogP contribution in [0.5, 0.6) is 0 Å². The Morgan fingerprint density at radius 2 is 1.79 bits per heavy atom. The van der Waals surface area contributed by atoms with Gasteiger partial charge < -0.3 is 5.32 Å². The molecule has 0 radical (unpaired) electrons. The van der Waals surface area contributed by atoms with Gasteiger partial charge in [0, 0.05) is 24.5 Å². The van der Waals surface area contributed by atoms with Crippen LogP contribution >= 0.6 is 11.6 Å². The number of hydrogen-bond donors (Lipinski definition) is 1. The SMILES string of the molecule is O=C(NCc1ccccc1)c1nnn(-c2ccccc2Cl)c1-c1cccnc1. The Balaban J connectivity index is 1.73. The van der Waals surface area contributed by atoms with E-state index in [0.717, 1.165) is 11.1 Å². The lowest BCUT2D eigenvalue weighted by molar-refractivity contribution is 0.0946. The van der Waals surface area contributed by atoms with Crippen molar-refractivity contribution in [2.24, 2.45) is 0 Å². The zero-order valence-electron chi connectivity index (χ0n) is 14.8. The lowest BCUT2D eigenvalue weighted by Gasteiger charge is -2.10. The zero-order chi connectivity index (χ0) is 19.3. The third-order valence-corrected chi connectivity index (χ3v) is 4.52. The molecule has 0 saturated carbocycles. The number of pyridine rings is 1. The first-order valence-corrected chi connectivity index (χ1v) is 9.05. The molecule has 0 aliphatic carbocycles. The number of carbonyl (C=O) groups excluding carboxylic acids is 1. The molecule has 138 valence electrons. The Bertz CT molecular complexity index is 1100. The summed E-state index contributed by atoms with van der Waals surface area (Å²) in [5.74, 6) is -0.319. The van der Waals surface area contributed by atoms with Gasteiger partial charge in [-0.2, -0.15) is 0 Å². The smallest absolute Gasteiger partial charge is 0.274 e. The summed E-state index contributed by atoms with van der Waals surface area (Å²) in [6.07, 6.45) is 3.34. The molecular weight excluding hydrogens is 374 g/mol. The van der Waals surface area contributed by atoms with E-state index in [4.69, 9.17) is 11.6 Å². The van der Waals surface area contributed by atoms with Crippen LogP contribution in [0.3, 0.4) is 0 Å². The van der Waals surface area contributed by atoms with Gasteiger partial charge in [-0.15, -0.1) is 5.10 Å². The Kier molecular flexibility index (Phi) is 5.12. The average molecular weight is 390 g/mol. The molecule has 6 nitrogen and oxygen atoms in total. The molecule has 0 spiro atoms. The van der Waals surface area contributed by atoms with Crippen LogP contribution < -0.4 is 5.32 Å². The van der Waals surface area contributed by atoms with Gasteiger partial charge in [0.2, 0.25) is 0 Å². The molecule has 0 atom stereocenters. The third kappa shape index (κ3) is 3.63. The van der Waals surface area contributed by atoms with Crippen LogP contribution in [0.25, 0.3) is 16.9 Å². The van der Waals surface area contributed by atoms with E-state index in [-0.39, 0.29) is 11.6 Å². The fourth-order valence-electron chi connectivity index (χ4n) is 2.85. The number of nitrogens with one attached hydrogen (secondary N) is 1. The minimum Gasteiger partial charge on any atom is -0.346 e. The van der Waals surface area contributed by atoms with Gasteiger partial charge in [-0.3, -0.25) is 9.78 Å². The Labute approximate surface area is 166 Å². The molecule has 1 N–H and O–H groups in total. The molecule has 0 aliphatic heterocycles. The predicted octanol–water partition coefficient (Wildman–Crippen LogP) is 3.91. The number of carbonyl (C=O) groups is 1. The van der Waals surface area contributed by atoms with E-state index in [1.165, 1.54) is 0 Å². The Hall–Kier alpha value is -3.51. The van der Waals surface area contributed by atoms with E-state index in [0.29, 0.717) is 22.9 Å². The monoisotopic (exact) mass is 389 g/mol. The Morgan fingerprint density at radius 1 is 1.00 bits per heavy atom. The maximum Gasteiger partial charge on any atom is 0.274 e. The van der Waals surface area contributed by atoms with E-state index in [1.807, 2.05) is 54.6 Å². The number of para-hydroxylation sites is 1. The van der Waals surface area contributed by atoms with Crippen LogP contribution in [-0.2, 0) is 6.54 Å². The molecule has 1 amide bonds. The topological polar surface area (TPSA) is 72.7 Å². The molecule has 0 bridgehead atoms. The van der Waals surface area contributed by atoms with Gasteiger partial charge in [-0.05, 0) is 29.8 Å². The summed E-state index contributed by atoms with van der Waals surface area (Å²) in [6.45, 7) is 0.394. The Morgan fingerprint density at radius 3 is 2.54 bits per heavy atom. The van der Waals surface area contributed by atoms with Crippen LogP contribution in [0.15, 0.2) is 79.1 Å². The fourth-order valence-corrected chi connectivity index (χ4v) is 3.07. The van der Waals surface area contributed by atoms with Gasteiger partial charge in [0.1, 0.15) is 5.69 Å². The van der Waals surface area contributed by atoms with Crippen LogP contribution in [0, 0.1) is 0 Å². The summed E-state index contributed by atoms with van der Waals surface area (Å²) < 4.78 is 1.57. The first-order valence-electron chi connectivity index (χ1n) is 8.67. The summed E-state index contributed by atoms with van der Waals surface area (Å²) in [7, 11) is 0. The molecule has 0 aliphatic rings. The van der Waals surface area contributed by atoms with Gasteiger partial charge in [0.05, 0.1) is 10.7 Å². The highest BCUT2D eigenvalue weighted by atomic mass is 35.5. The number of hydrogen-bond acceptors (Lipinski definition) is 4. The molecule has 0 saturated heterocycles. The van der Waals surface area contributed by atoms with Gasteiger partial charge in [0.15, 0.2) is 5.69 Å². The van der Waals surface area contributed by atoms with Crippen molar-refractivity contribution in [2.75, 3.05) is 0 Å². The van der Waals surface area contributed by atoms with Crippen LogP contribution in [0.4, 0.5) is 0 Å². The number of rotatable bonds is 5. The van der Waals surface area contributed by atoms with E-state index < -0.39 is 0 Å². The fraction of sp³-hybridized carbons (Fsp3) is 0.0476. The van der Waals surface area contributed by atoms with Crippen molar-refractivity contribution < 1.29 is 4.79 Å². The first-order chi connectivity index (χ1) is 13.7. The second-order valence-electron chi connectivity index (χ2n) is 6.06. The van der Waals surface area contributed by atoms with Crippen molar-refractivity contribution in [1.29, 1.82) is 0 Å². The second kappa shape index (κ2) is 8.02. The molecular formula is C21H16ClN5O. The number of benzene rings is 2. The zero-order valence-corrected chi connectivity index (χ0v) is 15.5. The molecule has 4 aromatic rings. The van der Waals surface area contributed by atoms with Crippen molar-refractivity contribution in [3.05, 3.63) is 95.4 Å². The van der Waals surface area contributed by atoms with E-state index in [1.54, 1.807) is 29.2 Å². The van der Waals surface area contributed by atoms with Crippen LogP contribution in [0.2, 0.25) is 5.02 Å². The number of nitrogens with zero attached hydrogens (tertiary/aromatic N) is 4. The highest BCUT2D eigenvalue weighted by Crippen LogP contribution is 2.28. The summed E-state index contributed by atoms with van der Waals surface area (Å²) in [5, 5.41) is 11.7. The lowest BCUT2D eigenvalue weighted by Crippen LogP contribution is -2.24.